The molecule has 1 aliphatic heterocycles. The summed E-state index contributed by atoms with van der Waals surface area (Å²) < 4.78 is 20.1. The molecule has 0 bridgehead atoms. The summed E-state index contributed by atoms with van der Waals surface area (Å²) in [5.74, 6) is -1.15. The lowest BCUT2D eigenvalue weighted by Gasteiger charge is -2.15. The zero-order valence-corrected chi connectivity index (χ0v) is 16.5. The average Bonchev–Trinajstić information content (AvgIpc) is 3.07. The minimum Gasteiger partial charge on any atom is -0.442 e. The largest absolute Gasteiger partial charge is 0.442 e. The molecule has 0 aliphatic carbocycles. The topological polar surface area (TPSA) is 114 Å². The number of cyclic esters (lactones) is 1. The van der Waals surface area contributed by atoms with Crippen molar-refractivity contribution in [3.05, 3.63) is 53.8 Å². The molecule has 158 valence electrons. The van der Waals surface area contributed by atoms with Crippen LogP contribution in [0.4, 0.5) is 14.9 Å². The molecule has 1 fully saturated rings. The number of ether oxygens (including phenoxy) is 1. The maximum atomic E-state index is 14.8. The van der Waals surface area contributed by atoms with E-state index in [0.29, 0.717) is 23.4 Å². The van der Waals surface area contributed by atoms with Crippen molar-refractivity contribution in [1.82, 2.24) is 10.6 Å². The Morgan fingerprint density at radius 2 is 2.07 bits per heavy atom. The predicted octanol–water partition coefficient (Wildman–Crippen LogP) is 1.53. The van der Waals surface area contributed by atoms with Crippen LogP contribution in [0.3, 0.4) is 0 Å². The molecule has 0 radical (unpaired) electrons. The van der Waals surface area contributed by atoms with E-state index in [-0.39, 0.29) is 25.5 Å². The minimum absolute atomic E-state index is 0.0577. The first-order valence-corrected chi connectivity index (χ1v) is 9.44. The second-order valence-corrected chi connectivity index (χ2v) is 6.99. The van der Waals surface area contributed by atoms with Crippen molar-refractivity contribution in [2.75, 3.05) is 24.5 Å². The van der Waals surface area contributed by atoms with Crippen LogP contribution in [0.1, 0.15) is 12.5 Å². The van der Waals surface area contributed by atoms with E-state index < -0.39 is 23.9 Å². The predicted molar refractivity (Wildman–Crippen MR) is 109 cm³/mol. The van der Waals surface area contributed by atoms with E-state index in [1.807, 2.05) is 12.1 Å². The molecule has 1 atom stereocenters. The summed E-state index contributed by atoms with van der Waals surface area (Å²) in [4.78, 5) is 35.3. The Hall–Kier alpha value is -3.46. The fourth-order valence-corrected chi connectivity index (χ4v) is 3.18. The third-order valence-corrected chi connectivity index (χ3v) is 4.58. The molecule has 0 saturated carbocycles. The van der Waals surface area contributed by atoms with Gasteiger partial charge in [0, 0.05) is 19.0 Å². The van der Waals surface area contributed by atoms with E-state index in [1.165, 1.54) is 17.9 Å². The van der Waals surface area contributed by atoms with Gasteiger partial charge in [0.25, 0.3) is 0 Å². The Labute approximate surface area is 173 Å². The lowest BCUT2D eigenvalue weighted by atomic mass is 10.0. The number of hydrogen-bond acceptors (Lipinski definition) is 5. The number of carbonyl (C=O) groups excluding carboxylic acids is 3. The Bertz CT molecular complexity index is 966. The number of amides is 3. The first kappa shape index (κ1) is 21.3. The fraction of sp³-hybridized carbons (Fsp3) is 0.286. The van der Waals surface area contributed by atoms with Crippen LogP contribution in [-0.4, -0.2) is 43.6 Å². The molecule has 0 aromatic heterocycles. The van der Waals surface area contributed by atoms with Crippen molar-refractivity contribution < 1.29 is 23.5 Å². The van der Waals surface area contributed by atoms with Crippen molar-refractivity contribution in [2.24, 2.45) is 5.73 Å². The summed E-state index contributed by atoms with van der Waals surface area (Å²) in [7, 11) is 0. The van der Waals surface area contributed by atoms with Gasteiger partial charge in [-0.3, -0.25) is 14.5 Å². The number of primary amides is 1. The molecule has 3 amide bonds. The highest BCUT2D eigenvalue weighted by Gasteiger charge is 2.32. The molecule has 1 saturated heterocycles. The number of nitrogens with two attached hydrogens (primary N) is 1. The van der Waals surface area contributed by atoms with Crippen LogP contribution in [0, 0.1) is 5.82 Å². The Kier molecular flexibility index (Phi) is 6.63. The Morgan fingerprint density at radius 1 is 1.27 bits per heavy atom. The maximum Gasteiger partial charge on any atom is 0.414 e. The van der Waals surface area contributed by atoms with Gasteiger partial charge in [0.2, 0.25) is 11.8 Å². The van der Waals surface area contributed by atoms with Gasteiger partial charge in [0.15, 0.2) is 0 Å². The summed E-state index contributed by atoms with van der Waals surface area (Å²) >= 11 is 0. The van der Waals surface area contributed by atoms with Gasteiger partial charge in [0.1, 0.15) is 11.9 Å². The quantitative estimate of drug-likeness (QED) is 0.606. The molecule has 1 heterocycles. The molecule has 1 aliphatic rings. The molecule has 4 N–H and O–H groups in total. The van der Waals surface area contributed by atoms with E-state index in [0.717, 1.165) is 5.56 Å². The van der Waals surface area contributed by atoms with Crippen LogP contribution in [0.5, 0.6) is 0 Å². The molecule has 1 unspecified atom stereocenters. The van der Waals surface area contributed by atoms with Gasteiger partial charge in [-0.05, 0) is 35.4 Å². The van der Waals surface area contributed by atoms with Crippen molar-refractivity contribution >= 4 is 23.6 Å². The Balaban J connectivity index is 1.72. The lowest BCUT2D eigenvalue weighted by Crippen LogP contribution is -2.33. The van der Waals surface area contributed by atoms with E-state index in [9.17, 15) is 18.8 Å². The van der Waals surface area contributed by atoms with Gasteiger partial charge in [0.05, 0.1) is 25.3 Å². The highest BCUT2D eigenvalue weighted by Crippen LogP contribution is 2.29. The van der Waals surface area contributed by atoms with Crippen molar-refractivity contribution in [3.8, 4) is 11.1 Å². The highest BCUT2D eigenvalue weighted by atomic mass is 19.1. The molecule has 2 aromatic carbocycles. The highest BCUT2D eigenvalue weighted by molar-refractivity contribution is 5.90. The standard InChI is InChI=1S/C21H23FN4O4/c1-13(27)25-10-17-12-26(21(29)30-17)16-5-6-18(19(22)8-16)15-4-2-3-14(7-15)9-24-11-20(23)28/h2-8,17,24H,9-12H2,1H3,(H2,23,28)(H,25,27). The molecular weight excluding hydrogens is 391 g/mol. The molecule has 30 heavy (non-hydrogen) atoms. The summed E-state index contributed by atoms with van der Waals surface area (Å²) in [6.07, 6.45) is -1.08. The number of benzene rings is 2. The average molecular weight is 414 g/mol. The number of rotatable bonds is 8. The number of carbonyl (C=O) groups is 3. The third-order valence-electron chi connectivity index (χ3n) is 4.58. The second-order valence-electron chi connectivity index (χ2n) is 6.99. The summed E-state index contributed by atoms with van der Waals surface area (Å²) in [5.41, 5.74) is 7.42. The van der Waals surface area contributed by atoms with Gasteiger partial charge in [-0.25, -0.2) is 9.18 Å². The molecule has 0 spiro atoms. The van der Waals surface area contributed by atoms with Crippen molar-refractivity contribution in [1.29, 1.82) is 0 Å². The molecule has 9 heteroatoms. The Morgan fingerprint density at radius 3 is 2.77 bits per heavy atom. The lowest BCUT2D eigenvalue weighted by molar-refractivity contribution is -0.119. The zero-order valence-electron chi connectivity index (χ0n) is 16.5. The van der Waals surface area contributed by atoms with Crippen LogP contribution < -0.4 is 21.3 Å². The van der Waals surface area contributed by atoms with E-state index in [1.54, 1.807) is 24.3 Å². The number of nitrogens with one attached hydrogen (secondary N) is 2. The number of anilines is 1. The minimum atomic E-state index is -0.583. The normalized spacial score (nSPS) is 15.7. The molecular formula is C21H23FN4O4. The third kappa shape index (κ3) is 5.32. The van der Waals surface area contributed by atoms with Gasteiger partial charge in [-0.1, -0.05) is 18.2 Å². The van der Waals surface area contributed by atoms with E-state index in [4.69, 9.17) is 10.5 Å². The van der Waals surface area contributed by atoms with Crippen molar-refractivity contribution in [2.45, 2.75) is 19.6 Å². The second kappa shape index (κ2) is 9.36. The van der Waals surface area contributed by atoms with Crippen LogP contribution >= 0.6 is 0 Å². The van der Waals surface area contributed by atoms with Gasteiger partial charge < -0.3 is 21.1 Å². The first-order chi connectivity index (χ1) is 14.3. The molecule has 2 aromatic rings. The van der Waals surface area contributed by atoms with Crippen LogP contribution in [0.25, 0.3) is 11.1 Å². The van der Waals surface area contributed by atoms with E-state index >= 15 is 0 Å². The number of nitrogens with zero attached hydrogens (tertiary/aromatic N) is 1. The van der Waals surface area contributed by atoms with Crippen LogP contribution in [0.15, 0.2) is 42.5 Å². The number of hydrogen-bond donors (Lipinski definition) is 3. The fourth-order valence-electron chi connectivity index (χ4n) is 3.18. The summed E-state index contributed by atoms with van der Waals surface area (Å²) in [6.45, 7) is 2.28. The molecule has 3 rings (SSSR count). The van der Waals surface area contributed by atoms with Gasteiger partial charge >= 0.3 is 6.09 Å². The number of halogens is 1. The summed E-state index contributed by atoms with van der Waals surface area (Å²) in [6, 6.07) is 11.8. The smallest absolute Gasteiger partial charge is 0.414 e. The zero-order chi connectivity index (χ0) is 21.7. The first-order valence-electron chi connectivity index (χ1n) is 9.44. The van der Waals surface area contributed by atoms with Crippen LogP contribution in [-0.2, 0) is 20.9 Å². The molecule has 8 nitrogen and oxygen atoms in total. The maximum absolute atomic E-state index is 14.8. The van der Waals surface area contributed by atoms with Crippen molar-refractivity contribution in [3.63, 3.8) is 0 Å². The van der Waals surface area contributed by atoms with E-state index in [2.05, 4.69) is 10.6 Å². The SMILES string of the molecule is CC(=O)NCC1CN(c2ccc(-c3cccc(CNCC(N)=O)c3)c(F)c2)C(=O)O1. The summed E-state index contributed by atoms with van der Waals surface area (Å²) in [5, 5.41) is 5.51. The van der Waals surface area contributed by atoms with Gasteiger partial charge in [-0.2, -0.15) is 0 Å². The monoisotopic (exact) mass is 414 g/mol. The van der Waals surface area contributed by atoms with Crippen LogP contribution in [0.2, 0.25) is 0 Å². The van der Waals surface area contributed by atoms with Gasteiger partial charge in [-0.15, -0.1) is 0 Å².